The van der Waals surface area contributed by atoms with E-state index in [1.165, 1.54) is 38.5 Å². The largest absolute Gasteiger partial charge is 0.358 e. The molecular weight excluding hydrogens is 200 g/mol. The monoisotopic (exact) mass is 226 g/mol. The van der Waals surface area contributed by atoms with Gasteiger partial charge in [0.15, 0.2) is 0 Å². The minimum Gasteiger partial charge on any atom is -0.358 e. The fourth-order valence-corrected chi connectivity index (χ4v) is 2.60. The lowest BCUT2D eigenvalue weighted by atomic mass is 9.98. The minimum atomic E-state index is -0.0619. The first kappa shape index (κ1) is 13.5. The van der Waals surface area contributed by atoms with Crippen LogP contribution < -0.4 is 10.6 Å². The molecule has 1 saturated carbocycles. The molecule has 0 aliphatic heterocycles. The number of nitrogens with one attached hydrogen (secondary N) is 2. The molecule has 1 rings (SSSR count). The van der Waals surface area contributed by atoms with Crippen LogP contribution >= 0.6 is 0 Å². The summed E-state index contributed by atoms with van der Waals surface area (Å²) in [5, 5.41) is 6.13. The van der Waals surface area contributed by atoms with E-state index in [0.717, 1.165) is 5.92 Å². The third-order valence-electron chi connectivity index (χ3n) is 3.79. The first-order valence-corrected chi connectivity index (χ1v) is 6.65. The Morgan fingerprint density at radius 3 is 2.69 bits per heavy atom. The van der Waals surface area contributed by atoms with Crippen molar-refractivity contribution in [2.75, 3.05) is 7.05 Å². The van der Waals surface area contributed by atoms with Crippen LogP contribution in [0.1, 0.15) is 52.4 Å². The van der Waals surface area contributed by atoms with Crippen LogP contribution in [0.3, 0.4) is 0 Å². The summed E-state index contributed by atoms with van der Waals surface area (Å²) in [6.45, 7) is 4.23. The summed E-state index contributed by atoms with van der Waals surface area (Å²) in [6.07, 6.45) is 7.73. The van der Waals surface area contributed by atoms with Crippen LogP contribution in [0.25, 0.3) is 0 Å². The molecule has 3 unspecified atom stereocenters. The van der Waals surface area contributed by atoms with Gasteiger partial charge in [0.05, 0.1) is 6.04 Å². The standard InChI is InChI=1S/C13H26N2O/c1-4-11-6-5-7-12(9-8-11)15-10(2)13(16)14-3/h10-12,15H,4-9H2,1-3H3,(H,14,16). The first-order chi connectivity index (χ1) is 7.67. The van der Waals surface area contributed by atoms with Gasteiger partial charge in [0.25, 0.3) is 0 Å². The van der Waals surface area contributed by atoms with Crippen molar-refractivity contribution in [3.05, 3.63) is 0 Å². The Kier molecular flexibility index (Phi) is 5.81. The lowest BCUT2D eigenvalue weighted by molar-refractivity contribution is -0.122. The van der Waals surface area contributed by atoms with Gasteiger partial charge in [-0.3, -0.25) is 4.79 Å². The Morgan fingerprint density at radius 2 is 2.06 bits per heavy atom. The molecule has 0 bridgehead atoms. The summed E-state index contributed by atoms with van der Waals surface area (Å²) in [5.74, 6) is 0.999. The summed E-state index contributed by atoms with van der Waals surface area (Å²) in [4.78, 5) is 11.4. The molecule has 1 amide bonds. The summed E-state index contributed by atoms with van der Waals surface area (Å²) in [5.41, 5.74) is 0. The van der Waals surface area contributed by atoms with Crippen molar-refractivity contribution in [3.63, 3.8) is 0 Å². The maximum absolute atomic E-state index is 11.4. The smallest absolute Gasteiger partial charge is 0.236 e. The molecule has 94 valence electrons. The summed E-state index contributed by atoms with van der Waals surface area (Å²) < 4.78 is 0. The molecule has 3 nitrogen and oxygen atoms in total. The van der Waals surface area contributed by atoms with E-state index in [2.05, 4.69) is 17.6 Å². The predicted octanol–water partition coefficient (Wildman–Crippen LogP) is 2.07. The van der Waals surface area contributed by atoms with Gasteiger partial charge >= 0.3 is 0 Å². The second-order valence-corrected chi connectivity index (χ2v) is 4.98. The van der Waals surface area contributed by atoms with E-state index in [1.54, 1.807) is 7.05 Å². The molecule has 3 atom stereocenters. The topological polar surface area (TPSA) is 41.1 Å². The van der Waals surface area contributed by atoms with Gasteiger partial charge in [-0.25, -0.2) is 0 Å². The van der Waals surface area contributed by atoms with Crippen molar-refractivity contribution >= 4 is 5.91 Å². The van der Waals surface area contributed by atoms with Gasteiger partial charge in [0, 0.05) is 13.1 Å². The van der Waals surface area contributed by atoms with Gasteiger partial charge in [-0.15, -0.1) is 0 Å². The average Bonchev–Trinajstić information content (AvgIpc) is 2.53. The van der Waals surface area contributed by atoms with Gasteiger partial charge < -0.3 is 10.6 Å². The Balaban J connectivity index is 2.34. The maximum Gasteiger partial charge on any atom is 0.236 e. The Hall–Kier alpha value is -0.570. The quantitative estimate of drug-likeness (QED) is 0.721. The van der Waals surface area contributed by atoms with Crippen LogP contribution in [0.4, 0.5) is 0 Å². The fraction of sp³-hybridized carbons (Fsp3) is 0.923. The van der Waals surface area contributed by atoms with Crippen molar-refractivity contribution in [1.29, 1.82) is 0 Å². The number of carbonyl (C=O) groups excluding carboxylic acids is 1. The van der Waals surface area contributed by atoms with Crippen LogP contribution in [0, 0.1) is 5.92 Å². The van der Waals surface area contributed by atoms with E-state index in [9.17, 15) is 4.79 Å². The van der Waals surface area contributed by atoms with E-state index >= 15 is 0 Å². The molecule has 0 aromatic rings. The zero-order chi connectivity index (χ0) is 12.0. The van der Waals surface area contributed by atoms with E-state index < -0.39 is 0 Å². The van der Waals surface area contributed by atoms with E-state index in [0.29, 0.717) is 6.04 Å². The van der Waals surface area contributed by atoms with Gasteiger partial charge in [-0.1, -0.05) is 26.2 Å². The third-order valence-corrected chi connectivity index (χ3v) is 3.79. The highest BCUT2D eigenvalue weighted by Crippen LogP contribution is 2.25. The number of likely N-dealkylation sites (N-methyl/N-ethyl adjacent to an activating group) is 1. The molecule has 0 aromatic carbocycles. The normalized spacial score (nSPS) is 28.2. The highest BCUT2D eigenvalue weighted by Gasteiger charge is 2.20. The number of amides is 1. The average molecular weight is 226 g/mol. The molecule has 0 radical (unpaired) electrons. The van der Waals surface area contributed by atoms with Gasteiger partial charge in [0.1, 0.15) is 0 Å². The Morgan fingerprint density at radius 1 is 1.31 bits per heavy atom. The predicted molar refractivity (Wildman–Crippen MR) is 67.3 cm³/mol. The SMILES string of the molecule is CCC1CCCC(NC(C)C(=O)NC)CC1. The molecular formula is C13H26N2O. The maximum atomic E-state index is 11.4. The molecule has 1 fully saturated rings. The highest BCUT2D eigenvalue weighted by atomic mass is 16.2. The van der Waals surface area contributed by atoms with Gasteiger partial charge in [-0.05, 0) is 32.1 Å². The molecule has 0 aromatic heterocycles. The summed E-state index contributed by atoms with van der Waals surface area (Å²) >= 11 is 0. The molecule has 1 aliphatic carbocycles. The highest BCUT2D eigenvalue weighted by molar-refractivity contribution is 5.80. The second kappa shape index (κ2) is 6.89. The zero-order valence-corrected chi connectivity index (χ0v) is 10.9. The zero-order valence-electron chi connectivity index (χ0n) is 10.9. The molecule has 16 heavy (non-hydrogen) atoms. The van der Waals surface area contributed by atoms with Crippen LogP contribution in [-0.2, 0) is 4.79 Å². The van der Waals surface area contributed by atoms with Crippen molar-refractivity contribution in [1.82, 2.24) is 10.6 Å². The second-order valence-electron chi connectivity index (χ2n) is 4.98. The van der Waals surface area contributed by atoms with Crippen LogP contribution in [0.5, 0.6) is 0 Å². The van der Waals surface area contributed by atoms with Crippen molar-refractivity contribution in [3.8, 4) is 0 Å². The summed E-state index contributed by atoms with van der Waals surface area (Å²) in [7, 11) is 1.70. The van der Waals surface area contributed by atoms with E-state index in [4.69, 9.17) is 0 Å². The Labute approximate surface area is 99.4 Å². The first-order valence-electron chi connectivity index (χ1n) is 6.65. The molecule has 2 N–H and O–H groups in total. The Bertz CT molecular complexity index is 218. The lowest BCUT2D eigenvalue weighted by Gasteiger charge is -2.21. The fourth-order valence-electron chi connectivity index (χ4n) is 2.60. The van der Waals surface area contributed by atoms with Gasteiger partial charge in [-0.2, -0.15) is 0 Å². The van der Waals surface area contributed by atoms with Crippen molar-refractivity contribution in [2.45, 2.75) is 64.5 Å². The number of carbonyl (C=O) groups is 1. The number of hydrogen-bond acceptors (Lipinski definition) is 2. The number of rotatable bonds is 4. The van der Waals surface area contributed by atoms with Crippen LogP contribution in [0.2, 0.25) is 0 Å². The lowest BCUT2D eigenvalue weighted by Crippen LogP contribution is -2.45. The number of hydrogen-bond donors (Lipinski definition) is 2. The van der Waals surface area contributed by atoms with E-state index in [1.807, 2.05) is 6.92 Å². The van der Waals surface area contributed by atoms with Gasteiger partial charge in [0.2, 0.25) is 5.91 Å². The molecule has 0 heterocycles. The molecule has 1 aliphatic rings. The van der Waals surface area contributed by atoms with Crippen molar-refractivity contribution in [2.24, 2.45) is 5.92 Å². The molecule has 0 spiro atoms. The van der Waals surface area contributed by atoms with E-state index in [-0.39, 0.29) is 11.9 Å². The molecule has 3 heteroatoms. The van der Waals surface area contributed by atoms with Crippen LogP contribution in [0.15, 0.2) is 0 Å². The minimum absolute atomic E-state index is 0.0619. The summed E-state index contributed by atoms with van der Waals surface area (Å²) in [6, 6.07) is 0.469. The van der Waals surface area contributed by atoms with Crippen molar-refractivity contribution < 1.29 is 4.79 Å². The van der Waals surface area contributed by atoms with Crippen LogP contribution in [-0.4, -0.2) is 25.0 Å². The third kappa shape index (κ3) is 4.12. The molecule has 0 saturated heterocycles.